The van der Waals surface area contributed by atoms with E-state index in [-0.39, 0.29) is 5.56 Å². The van der Waals surface area contributed by atoms with Crippen LogP contribution in [-0.4, -0.2) is 19.4 Å². The molecule has 14 heavy (non-hydrogen) atoms. The molecule has 5 nitrogen and oxygen atoms in total. The molecule has 0 fully saturated rings. The van der Waals surface area contributed by atoms with Crippen molar-refractivity contribution in [2.45, 2.75) is 0 Å². The Bertz CT molecular complexity index is 667. The normalized spacial score (nSPS) is 11.1. The highest BCUT2D eigenvalue weighted by Gasteiger charge is 2.06. The fourth-order valence-corrected chi connectivity index (χ4v) is 1.50. The molecule has 5 heteroatoms. The van der Waals surface area contributed by atoms with Gasteiger partial charge in [-0.3, -0.25) is 9.20 Å². The zero-order valence-corrected chi connectivity index (χ0v) is 7.14. The molecule has 3 rings (SSSR count). The van der Waals surface area contributed by atoms with Crippen LogP contribution in [0.2, 0.25) is 0 Å². The average molecular weight is 186 g/mol. The summed E-state index contributed by atoms with van der Waals surface area (Å²) in [5.74, 6) is 0. The lowest BCUT2D eigenvalue weighted by Gasteiger charge is -1.90. The second-order valence-electron chi connectivity index (χ2n) is 2.94. The number of aromatic amines is 1. The molecular weight excluding hydrogens is 180 g/mol. The van der Waals surface area contributed by atoms with Crippen LogP contribution in [0.25, 0.3) is 16.8 Å². The quantitative estimate of drug-likeness (QED) is 0.558. The van der Waals surface area contributed by atoms with Crippen LogP contribution < -0.4 is 5.56 Å². The second kappa shape index (κ2) is 2.41. The second-order valence-corrected chi connectivity index (χ2v) is 2.94. The Kier molecular flexibility index (Phi) is 1.25. The zero-order valence-electron chi connectivity index (χ0n) is 7.14. The van der Waals surface area contributed by atoms with E-state index in [9.17, 15) is 4.79 Å². The lowest BCUT2D eigenvalue weighted by atomic mass is 10.5. The van der Waals surface area contributed by atoms with E-state index in [2.05, 4.69) is 15.0 Å². The first-order valence-corrected chi connectivity index (χ1v) is 4.17. The Labute approximate surface area is 78.1 Å². The smallest absolute Gasteiger partial charge is 0.277 e. The maximum Gasteiger partial charge on any atom is 0.277 e. The molecule has 0 radical (unpaired) electrons. The Balaban J connectivity index is 2.73. The van der Waals surface area contributed by atoms with Gasteiger partial charge in [0, 0.05) is 6.20 Å². The van der Waals surface area contributed by atoms with Crippen LogP contribution >= 0.6 is 0 Å². The molecule has 1 N–H and O–H groups in total. The van der Waals surface area contributed by atoms with E-state index in [1.54, 1.807) is 10.6 Å². The molecule has 0 unspecified atom stereocenters. The molecule has 0 atom stereocenters. The minimum atomic E-state index is -0.172. The summed E-state index contributed by atoms with van der Waals surface area (Å²) >= 11 is 0. The molecule has 3 aromatic heterocycles. The van der Waals surface area contributed by atoms with Crippen LogP contribution in [0.4, 0.5) is 0 Å². The van der Waals surface area contributed by atoms with Crippen molar-refractivity contribution >= 4 is 16.8 Å². The van der Waals surface area contributed by atoms with Crippen LogP contribution in [0.5, 0.6) is 0 Å². The lowest BCUT2D eigenvalue weighted by molar-refractivity contribution is 1.13. The molecule has 0 bridgehead atoms. The van der Waals surface area contributed by atoms with Crippen molar-refractivity contribution in [3.05, 3.63) is 41.1 Å². The molecule has 3 heterocycles. The standard InChI is InChI=1S/C9H6N4O/c14-9-7-8(10-5-11-9)12-6-3-1-2-4-13(6)7/h1-5H,(H,10,11,14). The summed E-state index contributed by atoms with van der Waals surface area (Å²) in [6.07, 6.45) is 3.15. The van der Waals surface area contributed by atoms with E-state index in [0.717, 1.165) is 5.65 Å². The van der Waals surface area contributed by atoms with Crippen molar-refractivity contribution in [3.8, 4) is 0 Å². The molecule has 68 valence electrons. The minimum absolute atomic E-state index is 0.172. The monoisotopic (exact) mass is 186 g/mol. The fraction of sp³-hybridized carbons (Fsp3) is 0. The van der Waals surface area contributed by atoms with Gasteiger partial charge in [-0.25, -0.2) is 9.97 Å². The number of nitrogens with one attached hydrogen (secondary N) is 1. The highest BCUT2D eigenvalue weighted by Crippen LogP contribution is 2.08. The van der Waals surface area contributed by atoms with E-state index < -0.39 is 0 Å². The van der Waals surface area contributed by atoms with Gasteiger partial charge in [0.05, 0.1) is 6.33 Å². The van der Waals surface area contributed by atoms with Gasteiger partial charge in [0.1, 0.15) is 5.65 Å². The third-order valence-corrected chi connectivity index (χ3v) is 2.11. The van der Waals surface area contributed by atoms with Gasteiger partial charge in [0.15, 0.2) is 11.2 Å². The van der Waals surface area contributed by atoms with Gasteiger partial charge >= 0.3 is 0 Å². The predicted octanol–water partition coefficient (Wildman–Crippen LogP) is 0.571. The van der Waals surface area contributed by atoms with Crippen LogP contribution in [0, 0.1) is 0 Å². The average Bonchev–Trinajstić information content (AvgIpc) is 2.57. The van der Waals surface area contributed by atoms with Crippen molar-refractivity contribution in [1.29, 1.82) is 0 Å². The van der Waals surface area contributed by atoms with Crippen molar-refractivity contribution in [2.75, 3.05) is 0 Å². The Morgan fingerprint density at radius 3 is 3.21 bits per heavy atom. The van der Waals surface area contributed by atoms with Gasteiger partial charge in [0.2, 0.25) is 0 Å². The third kappa shape index (κ3) is 0.806. The highest BCUT2D eigenvalue weighted by molar-refractivity contribution is 5.75. The molecular formula is C9H6N4O. The molecule has 0 aliphatic carbocycles. The summed E-state index contributed by atoms with van der Waals surface area (Å²) in [5.41, 5.74) is 1.52. The van der Waals surface area contributed by atoms with Crippen LogP contribution in [0.3, 0.4) is 0 Å². The molecule has 0 saturated carbocycles. The molecule has 3 aromatic rings. The molecule has 0 aromatic carbocycles. The van der Waals surface area contributed by atoms with E-state index >= 15 is 0 Å². The van der Waals surface area contributed by atoms with Gasteiger partial charge < -0.3 is 4.98 Å². The molecule has 0 aliphatic rings. The summed E-state index contributed by atoms with van der Waals surface area (Å²) in [6.45, 7) is 0. The maximum absolute atomic E-state index is 11.5. The number of pyridine rings is 1. The summed E-state index contributed by atoms with van der Waals surface area (Å²) in [4.78, 5) is 22.2. The predicted molar refractivity (Wildman–Crippen MR) is 51.1 cm³/mol. The van der Waals surface area contributed by atoms with Crippen molar-refractivity contribution in [3.63, 3.8) is 0 Å². The molecule has 0 aliphatic heterocycles. The first-order valence-electron chi connectivity index (χ1n) is 4.17. The van der Waals surface area contributed by atoms with E-state index in [4.69, 9.17) is 0 Å². The summed E-state index contributed by atoms with van der Waals surface area (Å²) in [5, 5.41) is 0. The number of fused-ring (bicyclic) bond motifs is 3. The minimum Gasteiger partial charge on any atom is -0.311 e. The van der Waals surface area contributed by atoms with Crippen molar-refractivity contribution in [2.24, 2.45) is 0 Å². The number of nitrogens with zero attached hydrogens (tertiary/aromatic N) is 3. The first kappa shape index (κ1) is 7.25. The van der Waals surface area contributed by atoms with Crippen LogP contribution in [0.1, 0.15) is 0 Å². The van der Waals surface area contributed by atoms with Gasteiger partial charge in [-0.2, -0.15) is 0 Å². The first-order chi connectivity index (χ1) is 6.86. The van der Waals surface area contributed by atoms with E-state index in [1.165, 1.54) is 6.33 Å². The van der Waals surface area contributed by atoms with Crippen LogP contribution in [-0.2, 0) is 0 Å². The molecule has 0 spiro atoms. The Hall–Kier alpha value is -2.17. The van der Waals surface area contributed by atoms with Crippen molar-refractivity contribution in [1.82, 2.24) is 19.4 Å². The third-order valence-electron chi connectivity index (χ3n) is 2.11. The number of imidazole rings is 1. The number of H-pyrrole nitrogens is 1. The number of aromatic nitrogens is 4. The largest absolute Gasteiger partial charge is 0.311 e. The van der Waals surface area contributed by atoms with Gasteiger partial charge in [-0.15, -0.1) is 0 Å². The fourth-order valence-electron chi connectivity index (χ4n) is 1.50. The molecule has 0 saturated heterocycles. The van der Waals surface area contributed by atoms with E-state index in [0.29, 0.717) is 11.2 Å². The Morgan fingerprint density at radius 2 is 2.29 bits per heavy atom. The zero-order chi connectivity index (χ0) is 9.54. The number of hydrogen-bond donors (Lipinski definition) is 1. The summed E-state index contributed by atoms with van der Waals surface area (Å²) < 4.78 is 1.72. The SMILES string of the molecule is O=c1[nH]cnc2nc3ccccn3c12. The number of hydrogen-bond acceptors (Lipinski definition) is 3. The maximum atomic E-state index is 11.5. The molecule has 0 amide bonds. The lowest BCUT2D eigenvalue weighted by Crippen LogP contribution is -2.07. The summed E-state index contributed by atoms with van der Waals surface area (Å²) in [6, 6.07) is 5.55. The van der Waals surface area contributed by atoms with Crippen molar-refractivity contribution < 1.29 is 0 Å². The van der Waals surface area contributed by atoms with Gasteiger partial charge in [0.25, 0.3) is 5.56 Å². The summed E-state index contributed by atoms with van der Waals surface area (Å²) in [7, 11) is 0. The van der Waals surface area contributed by atoms with E-state index in [1.807, 2.05) is 18.2 Å². The Morgan fingerprint density at radius 1 is 1.36 bits per heavy atom. The number of rotatable bonds is 0. The van der Waals surface area contributed by atoms with Crippen LogP contribution in [0.15, 0.2) is 35.5 Å². The topological polar surface area (TPSA) is 63.0 Å². The highest BCUT2D eigenvalue weighted by atomic mass is 16.1. The van der Waals surface area contributed by atoms with Gasteiger partial charge in [-0.05, 0) is 12.1 Å². The van der Waals surface area contributed by atoms with Gasteiger partial charge in [-0.1, -0.05) is 6.07 Å².